The summed E-state index contributed by atoms with van der Waals surface area (Å²) < 4.78 is 0. The van der Waals surface area contributed by atoms with E-state index in [1.54, 1.807) is 0 Å². The standard InChI is InChI=1S/C18H36O2.Zr/c1-3-5-7-9-11-13-15-17(18(19)20)16-14-12-10-8-6-4-2;/h17H,3-16H2,1-2H3,(H,19,20);. The van der Waals surface area contributed by atoms with E-state index in [9.17, 15) is 9.90 Å². The zero-order valence-electron chi connectivity index (χ0n) is 14.3. The Morgan fingerprint density at radius 1 is 0.714 bits per heavy atom. The van der Waals surface area contributed by atoms with Crippen LogP contribution in [0.5, 0.6) is 0 Å². The minimum atomic E-state index is -0.577. The van der Waals surface area contributed by atoms with Crippen molar-refractivity contribution in [3.63, 3.8) is 0 Å². The van der Waals surface area contributed by atoms with Crippen LogP contribution in [-0.2, 0) is 31.0 Å². The molecule has 21 heavy (non-hydrogen) atoms. The average Bonchev–Trinajstić information content (AvgIpc) is 2.43. The van der Waals surface area contributed by atoms with Gasteiger partial charge < -0.3 is 5.11 Å². The van der Waals surface area contributed by atoms with Crippen molar-refractivity contribution in [2.24, 2.45) is 5.92 Å². The third-order valence-electron chi connectivity index (χ3n) is 4.16. The molecular formula is C18H36O2Zr. The zero-order chi connectivity index (χ0) is 15.1. The van der Waals surface area contributed by atoms with Crippen LogP contribution in [0, 0.1) is 5.92 Å². The summed E-state index contributed by atoms with van der Waals surface area (Å²) in [6.45, 7) is 4.45. The van der Waals surface area contributed by atoms with Crippen molar-refractivity contribution in [1.82, 2.24) is 0 Å². The third-order valence-corrected chi connectivity index (χ3v) is 4.16. The Morgan fingerprint density at radius 2 is 1.05 bits per heavy atom. The van der Waals surface area contributed by atoms with Gasteiger partial charge in [0.2, 0.25) is 0 Å². The van der Waals surface area contributed by atoms with Gasteiger partial charge in [0.25, 0.3) is 0 Å². The Kier molecular flexibility index (Phi) is 20.7. The third kappa shape index (κ3) is 16.5. The van der Waals surface area contributed by atoms with Crippen molar-refractivity contribution in [2.45, 2.75) is 104 Å². The van der Waals surface area contributed by atoms with Gasteiger partial charge in [0, 0.05) is 26.2 Å². The molecule has 0 fully saturated rings. The van der Waals surface area contributed by atoms with E-state index in [0.29, 0.717) is 0 Å². The van der Waals surface area contributed by atoms with Gasteiger partial charge in [-0.25, -0.2) is 0 Å². The Balaban J connectivity index is 0. The fourth-order valence-electron chi connectivity index (χ4n) is 2.73. The average molecular weight is 376 g/mol. The van der Waals surface area contributed by atoms with Crippen molar-refractivity contribution in [3.8, 4) is 0 Å². The van der Waals surface area contributed by atoms with E-state index in [2.05, 4.69) is 13.8 Å². The van der Waals surface area contributed by atoms with E-state index < -0.39 is 5.97 Å². The van der Waals surface area contributed by atoms with Crippen LogP contribution >= 0.6 is 0 Å². The Labute approximate surface area is 151 Å². The predicted octanol–water partition coefficient (Wildman–Crippen LogP) is 6.19. The summed E-state index contributed by atoms with van der Waals surface area (Å²) >= 11 is 0. The molecule has 0 spiro atoms. The van der Waals surface area contributed by atoms with E-state index in [4.69, 9.17) is 0 Å². The number of carboxylic acids is 1. The first-order valence-corrected chi connectivity index (χ1v) is 8.95. The molecule has 0 heterocycles. The molecule has 0 aliphatic rings. The van der Waals surface area contributed by atoms with E-state index in [1.165, 1.54) is 64.2 Å². The van der Waals surface area contributed by atoms with Crippen molar-refractivity contribution < 1.29 is 36.1 Å². The SMILES string of the molecule is CCCCCCCCC(CCCCCCCC)C(=O)O.[Zr]. The van der Waals surface area contributed by atoms with Gasteiger partial charge in [-0.05, 0) is 12.8 Å². The minimum absolute atomic E-state index is 0. The largest absolute Gasteiger partial charge is 0.481 e. The number of aliphatic carboxylic acids is 1. The maximum Gasteiger partial charge on any atom is 0.306 e. The van der Waals surface area contributed by atoms with Gasteiger partial charge in [-0.2, -0.15) is 0 Å². The minimum Gasteiger partial charge on any atom is -0.481 e. The van der Waals surface area contributed by atoms with Crippen LogP contribution in [0.15, 0.2) is 0 Å². The molecule has 124 valence electrons. The summed E-state index contributed by atoms with van der Waals surface area (Å²) in [5.41, 5.74) is 0. The summed E-state index contributed by atoms with van der Waals surface area (Å²) in [4.78, 5) is 11.2. The van der Waals surface area contributed by atoms with Crippen LogP contribution in [0.4, 0.5) is 0 Å². The fourth-order valence-corrected chi connectivity index (χ4v) is 2.73. The molecule has 0 aliphatic carbocycles. The molecule has 0 aromatic carbocycles. The van der Waals surface area contributed by atoms with E-state index in [0.717, 1.165) is 25.7 Å². The maximum absolute atomic E-state index is 11.2. The molecule has 0 radical (unpaired) electrons. The van der Waals surface area contributed by atoms with Gasteiger partial charge in [-0.1, -0.05) is 90.9 Å². The summed E-state index contributed by atoms with van der Waals surface area (Å²) in [5, 5.41) is 9.25. The van der Waals surface area contributed by atoms with E-state index in [1.807, 2.05) is 0 Å². The van der Waals surface area contributed by atoms with Crippen LogP contribution in [-0.4, -0.2) is 11.1 Å². The summed E-state index contributed by atoms with van der Waals surface area (Å²) in [6, 6.07) is 0. The van der Waals surface area contributed by atoms with E-state index >= 15 is 0 Å². The predicted molar refractivity (Wildman–Crippen MR) is 87.1 cm³/mol. The summed E-state index contributed by atoms with van der Waals surface area (Å²) in [5.74, 6) is -0.667. The van der Waals surface area contributed by atoms with Crippen molar-refractivity contribution >= 4 is 5.97 Å². The molecule has 0 saturated carbocycles. The van der Waals surface area contributed by atoms with Crippen molar-refractivity contribution in [2.75, 3.05) is 0 Å². The van der Waals surface area contributed by atoms with Gasteiger partial charge in [-0.15, -0.1) is 0 Å². The molecule has 0 aliphatic heterocycles. The van der Waals surface area contributed by atoms with Crippen LogP contribution in [0.3, 0.4) is 0 Å². The second-order valence-electron chi connectivity index (χ2n) is 6.15. The Morgan fingerprint density at radius 3 is 1.38 bits per heavy atom. The van der Waals surface area contributed by atoms with Gasteiger partial charge >= 0.3 is 5.97 Å². The molecule has 0 bridgehead atoms. The Hall–Kier alpha value is 0.353. The number of hydrogen-bond acceptors (Lipinski definition) is 1. The van der Waals surface area contributed by atoms with Crippen LogP contribution in [0.1, 0.15) is 104 Å². The number of carbonyl (C=O) groups is 1. The van der Waals surface area contributed by atoms with Crippen molar-refractivity contribution in [3.05, 3.63) is 0 Å². The van der Waals surface area contributed by atoms with Gasteiger partial charge in [-0.3, -0.25) is 4.79 Å². The number of unbranched alkanes of at least 4 members (excludes halogenated alkanes) is 10. The summed E-state index contributed by atoms with van der Waals surface area (Å²) in [7, 11) is 0. The molecule has 0 unspecified atom stereocenters. The van der Waals surface area contributed by atoms with Gasteiger partial charge in [0.15, 0.2) is 0 Å². The fraction of sp³-hybridized carbons (Fsp3) is 0.944. The number of hydrogen-bond donors (Lipinski definition) is 1. The molecule has 1 N–H and O–H groups in total. The second kappa shape index (κ2) is 18.4. The van der Waals surface area contributed by atoms with Gasteiger partial charge in [0.1, 0.15) is 0 Å². The molecule has 2 nitrogen and oxygen atoms in total. The zero-order valence-corrected chi connectivity index (χ0v) is 16.8. The summed E-state index contributed by atoms with van der Waals surface area (Å²) in [6.07, 6.45) is 16.7. The first-order valence-electron chi connectivity index (χ1n) is 8.95. The molecule has 0 atom stereocenters. The number of carboxylic acid groups (broad SMARTS) is 1. The van der Waals surface area contributed by atoms with E-state index in [-0.39, 0.29) is 32.1 Å². The second-order valence-corrected chi connectivity index (χ2v) is 6.15. The molecule has 0 aromatic rings. The molecule has 3 heteroatoms. The molecule has 0 saturated heterocycles. The normalized spacial score (nSPS) is 10.6. The monoisotopic (exact) mass is 374 g/mol. The topological polar surface area (TPSA) is 37.3 Å². The maximum atomic E-state index is 11.2. The van der Waals surface area contributed by atoms with Crippen LogP contribution in [0.25, 0.3) is 0 Å². The first kappa shape index (κ1) is 23.6. The molecule has 0 rings (SSSR count). The van der Waals surface area contributed by atoms with Crippen LogP contribution < -0.4 is 0 Å². The van der Waals surface area contributed by atoms with Gasteiger partial charge in [0.05, 0.1) is 5.92 Å². The first-order chi connectivity index (χ1) is 9.72. The smallest absolute Gasteiger partial charge is 0.306 e. The van der Waals surface area contributed by atoms with Crippen molar-refractivity contribution in [1.29, 1.82) is 0 Å². The van der Waals surface area contributed by atoms with Crippen LogP contribution in [0.2, 0.25) is 0 Å². The quantitative estimate of drug-likeness (QED) is 0.347. The molecule has 0 aromatic heterocycles. The number of rotatable bonds is 15. The molecule has 0 amide bonds. The molecular weight excluding hydrogens is 339 g/mol. The Bertz CT molecular complexity index is 203.